The lowest BCUT2D eigenvalue weighted by Gasteiger charge is -2.05. The first-order valence-electron chi connectivity index (χ1n) is 4.80. The Balaban J connectivity index is 2.31. The van der Waals surface area contributed by atoms with Crippen LogP contribution in [0.1, 0.15) is 16.9 Å². The predicted octanol–water partition coefficient (Wildman–Crippen LogP) is 2.01. The van der Waals surface area contributed by atoms with Crippen molar-refractivity contribution in [1.29, 1.82) is 0 Å². The van der Waals surface area contributed by atoms with Gasteiger partial charge in [0.15, 0.2) is 0 Å². The molecule has 0 saturated heterocycles. The van der Waals surface area contributed by atoms with Crippen LogP contribution in [-0.4, -0.2) is 17.8 Å². The van der Waals surface area contributed by atoms with Gasteiger partial charge in [-0.25, -0.2) is 4.79 Å². The van der Waals surface area contributed by atoms with E-state index in [0.717, 1.165) is 10.4 Å². The van der Waals surface area contributed by atoms with Crippen molar-refractivity contribution >= 4 is 34.9 Å². The van der Waals surface area contributed by atoms with Gasteiger partial charge in [0, 0.05) is 17.2 Å². The van der Waals surface area contributed by atoms with Crippen molar-refractivity contribution in [2.45, 2.75) is 19.9 Å². The molecular weight excluding hydrogens is 248 g/mol. The van der Waals surface area contributed by atoms with Gasteiger partial charge in [0.05, 0.1) is 6.54 Å². The van der Waals surface area contributed by atoms with Crippen LogP contribution in [0.4, 0.5) is 4.79 Å². The molecule has 0 aliphatic heterocycles. The van der Waals surface area contributed by atoms with E-state index in [-0.39, 0.29) is 18.2 Å². The van der Waals surface area contributed by atoms with Gasteiger partial charge in [0.1, 0.15) is 0 Å². The molecule has 6 heteroatoms. The zero-order chi connectivity index (χ0) is 12.0. The summed E-state index contributed by atoms with van der Waals surface area (Å²) in [6.07, 6.45) is 0.146. The van der Waals surface area contributed by atoms with Crippen LogP contribution in [0.2, 0.25) is 0 Å². The van der Waals surface area contributed by atoms with Crippen molar-refractivity contribution in [2.24, 2.45) is 0 Å². The molecule has 0 aromatic carbocycles. The third kappa shape index (κ3) is 4.20. The molecule has 88 valence electrons. The molecule has 1 aromatic rings. The number of hydrogen-bond donors (Lipinski definition) is 2. The van der Waals surface area contributed by atoms with E-state index in [1.54, 1.807) is 11.3 Å². The summed E-state index contributed by atoms with van der Waals surface area (Å²) in [4.78, 5) is 23.4. The van der Waals surface area contributed by atoms with E-state index in [1.807, 2.05) is 18.4 Å². The Hall–Kier alpha value is -1.07. The average molecular weight is 261 g/mol. The summed E-state index contributed by atoms with van der Waals surface area (Å²) in [6, 6.07) is 1.50. The van der Waals surface area contributed by atoms with E-state index >= 15 is 0 Å². The summed E-state index contributed by atoms with van der Waals surface area (Å²) in [5, 5.41) is 6.77. The summed E-state index contributed by atoms with van der Waals surface area (Å²) < 4.78 is 0. The highest BCUT2D eigenvalue weighted by atomic mass is 35.5. The van der Waals surface area contributed by atoms with Crippen molar-refractivity contribution in [1.82, 2.24) is 10.6 Å². The van der Waals surface area contributed by atoms with Gasteiger partial charge in [-0.3, -0.25) is 10.1 Å². The highest BCUT2D eigenvalue weighted by Crippen LogP contribution is 2.14. The molecule has 0 atom stereocenters. The number of nitrogens with one attached hydrogen (secondary N) is 2. The monoisotopic (exact) mass is 260 g/mol. The number of aryl methyl sites for hydroxylation is 1. The maximum atomic E-state index is 11.3. The highest BCUT2D eigenvalue weighted by Gasteiger charge is 2.07. The van der Waals surface area contributed by atoms with Crippen LogP contribution in [0.15, 0.2) is 11.4 Å². The SMILES string of the molecule is Cc1ccsc1CNC(=O)NC(=O)CCCl. The summed E-state index contributed by atoms with van der Waals surface area (Å²) in [5.74, 6) is -0.154. The van der Waals surface area contributed by atoms with Crippen molar-refractivity contribution in [2.75, 3.05) is 5.88 Å². The van der Waals surface area contributed by atoms with E-state index < -0.39 is 6.03 Å². The molecule has 4 nitrogen and oxygen atoms in total. The van der Waals surface area contributed by atoms with Gasteiger partial charge in [0.2, 0.25) is 5.91 Å². The van der Waals surface area contributed by atoms with Crippen LogP contribution in [-0.2, 0) is 11.3 Å². The number of carbonyl (C=O) groups excluding carboxylic acids is 2. The smallest absolute Gasteiger partial charge is 0.321 e. The first kappa shape index (κ1) is 13.0. The van der Waals surface area contributed by atoms with Gasteiger partial charge in [-0.1, -0.05) is 0 Å². The zero-order valence-corrected chi connectivity index (χ0v) is 10.5. The van der Waals surface area contributed by atoms with E-state index in [9.17, 15) is 9.59 Å². The van der Waals surface area contributed by atoms with E-state index in [2.05, 4.69) is 10.6 Å². The Kier molecular flexibility index (Phi) is 5.28. The van der Waals surface area contributed by atoms with Crippen LogP contribution < -0.4 is 10.6 Å². The third-order valence-electron chi connectivity index (χ3n) is 1.95. The minimum absolute atomic E-state index is 0.146. The maximum Gasteiger partial charge on any atom is 0.321 e. The number of alkyl halides is 1. The van der Waals surface area contributed by atoms with E-state index in [0.29, 0.717) is 6.54 Å². The number of halogens is 1. The zero-order valence-electron chi connectivity index (χ0n) is 8.88. The van der Waals surface area contributed by atoms with Gasteiger partial charge in [0.25, 0.3) is 0 Å². The molecule has 1 heterocycles. The van der Waals surface area contributed by atoms with Gasteiger partial charge >= 0.3 is 6.03 Å². The molecule has 0 saturated carbocycles. The summed E-state index contributed by atoms with van der Waals surface area (Å²) >= 11 is 6.94. The van der Waals surface area contributed by atoms with E-state index in [1.165, 1.54) is 0 Å². The molecule has 0 bridgehead atoms. The molecular formula is C10H13ClN2O2S. The first-order valence-corrected chi connectivity index (χ1v) is 6.21. The summed E-state index contributed by atoms with van der Waals surface area (Å²) in [5.41, 5.74) is 1.14. The number of thiophene rings is 1. The maximum absolute atomic E-state index is 11.3. The molecule has 3 amide bonds. The minimum atomic E-state index is -0.483. The predicted molar refractivity (Wildman–Crippen MR) is 64.8 cm³/mol. The first-order chi connectivity index (χ1) is 7.63. The fourth-order valence-corrected chi connectivity index (χ4v) is 2.08. The molecule has 1 aromatic heterocycles. The van der Waals surface area contributed by atoms with Crippen LogP contribution in [0.25, 0.3) is 0 Å². The van der Waals surface area contributed by atoms with Gasteiger partial charge < -0.3 is 5.32 Å². The lowest BCUT2D eigenvalue weighted by Crippen LogP contribution is -2.39. The second-order valence-corrected chi connectivity index (χ2v) is 4.58. The molecule has 0 aliphatic carbocycles. The van der Waals surface area contributed by atoms with Gasteiger partial charge in [-0.05, 0) is 23.9 Å². The summed E-state index contributed by atoms with van der Waals surface area (Å²) in [7, 11) is 0. The third-order valence-corrected chi connectivity index (χ3v) is 3.16. The number of imide groups is 1. The molecule has 0 radical (unpaired) electrons. The number of carbonyl (C=O) groups is 2. The van der Waals surface area contributed by atoms with Crippen molar-refractivity contribution < 1.29 is 9.59 Å². The second kappa shape index (κ2) is 6.50. The number of rotatable bonds is 4. The van der Waals surface area contributed by atoms with Gasteiger partial charge in [-0.15, -0.1) is 22.9 Å². The van der Waals surface area contributed by atoms with E-state index in [4.69, 9.17) is 11.6 Å². The lowest BCUT2D eigenvalue weighted by atomic mass is 10.3. The molecule has 2 N–H and O–H groups in total. The topological polar surface area (TPSA) is 58.2 Å². The molecule has 0 aliphatic rings. The number of amides is 3. The molecule has 0 spiro atoms. The van der Waals surface area contributed by atoms with Gasteiger partial charge in [-0.2, -0.15) is 0 Å². The average Bonchev–Trinajstić information content (AvgIpc) is 2.61. The largest absolute Gasteiger partial charge is 0.333 e. The fourth-order valence-electron chi connectivity index (χ4n) is 1.06. The van der Waals surface area contributed by atoms with Crippen molar-refractivity contribution in [3.8, 4) is 0 Å². The van der Waals surface area contributed by atoms with Crippen LogP contribution >= 0.6 is 22.9 Å². The Morgan fingerprint density at radius 2 is 2.25 bits per heavy atom. The Bertz CT molecular complexity index is 379. The van der Waals surface area contributed by atoms with Crippen LogP contribution in [0.3, 0.4) is 0 Å². The second-order valence-electron chi connectivity index (χ2n) is 3.20. The molecule has 1 rings (SSSR count). The Labute approximate surface area is 103 Å². The Morgan fingerprint density at radius 3 is 2.81 bits per heavy atom. The standard InChI is InChI=1S/C10H13ClN2O2S/c1-7-3-5-16-8(7)6-12-10(15)13-9(14)2-4-11/h3,5H,2,4,6H2,1H3,(H2,12,13,14,15). The minimum Gasteiger partial charge on any atom is -0.333 e. The molecule has 0 fully saturated rings. The molecule has 0 unspecified atom stereocenters. The van der Waals surface area contributed by atoms with Crippen LogP contribution in [0, 0.1) is 6.92 Å². The van der Waals surface area contributed by atoms with Crippen molar-refractivity contribution in [3.63, 3.8) is 0 Å². The number of hydrogen-bond acceptors (Lipinski definition) is 3. The lowest BCUT2D eigenvalue weighted by molar-refractivity contribution is -0.119. The quantitative estimate of drug-likeness (QED) is 0.814. The van der Waals surface area contributed by atoms with Crippen LogP contribution in [0.5, 0.6) is 0 Å². The molecule has 16 heavy (non-hydrogen) atoms. The summed E-state index contributed by atoms with van der Waals surface area (Å²) in [6.45, 7) is 2.41. The van der Waals surface area contributed by atoms with Crippen molar-refractivity contribution in [3.05, 3.63) is 21.9 Å². The highest BCUT2D eigenvalue weighted by molar-refractivity contribution is 7.10. The number of urea groups is 1. The fraction of sp³-hybridized carbons (Fsp3) is 0.400. The normalized spacial score (nSPS) is 9.88. The Morgan fingerprint density at radius 1 is 1.50 bits per heavy atom.